The number of rotatable bonds is 6. The quantitative estimate of drug-likeness (QED) is 0.829. The minimum Gasteiger partial charge on any atom is -0.497 e. The Morgan fingerprint density at radius 3 is 2.79 bits per heavy atom. The van der Waals surface area contributed by atoms with Crippen LogP contribution in [0, 0.1) is 12.8 Å². The maximum atomic E-state index is 12.7. The molecular weight excluding hydrogens is 354 g/mol. The van der Waals surface area contributed by atoms with E-state index >= 15 is 0 Å². The summed E-state index contributed by atoms with van der Waals surface area (Å²) in [5, 5.41) is 2.99. The smallest absolute Gasteiger partial charge is 0.270 e. The summed E-state index contributed by atoms with van der Waals surface area (Å²) in [6.07, 6.45) is 5.19. The van der Waals surface area contributed by atoms with Crippen LogP contribution in [0.15, 0.2) is 36.5 Å². The number of benzene rings is 1. The second kappa shape index (κ2) is 8.95. The standard InChI is InChI=1S/C22H29N3O3/c1-16-14-18(28-3)9-10-19(16)23-21(26)11-8-17-6-4-13-25(15-17)22(27)20-7-5-12-24(20)2/h5,7,9-10,12,14,17H,4,6,8,11,13,15H2,1-3H3,(H,23,26). The van der Waals surface area contributed by atoms with Crippen molar-refractivity contribution in [3.63, 3.8) is 0 Å². The molecule has 1 unspecified atom stereocenters. The third-order valence-electron chi connectivity index (χ3n) is 5.46. The molecule has 6 nitrogen and oxygen atoms in total. The molecule has 1 N–H and O–H groups in total. The van der Waals surface area contributed by atoms with Crippen molar-refractivity contribution in [1.29, 1.82) is 0 Å². The molecule has 3 rings (SSSR count). The Morgan fingerprint density at radius 1 is 1.29 bits per heavy atom. The minimum absolute atomic E-state index is 0.0131. The van der Waals surface area contributed by atoms with E-state index in [-0.39, 0.29) is 11.8 Å². The zero-order valence-corrected chi connectivity index (χ0v) is 16.9. The molecule has 1 aromatic heterocycles. The first-order chi connectivity index (χ1) is 13.5. The van der Waals surface area contributed by atoms with Gasteiger partial charge in [-0.2, -0.15) is 0 Å². The van der Waals surface area contributed by atoms with Crippen LogP contribution in [0.1, 0.15) is 41.7 Å². The van der Waals surface area contributed by atoms with Crippen LogP contribution < -0.4 is 10.1 Å². The zero-order valence-electron chi connectivity index (χ0n) is 16.9. The molecule has 0 aliphatic carbocycles. The van der Waals surface area contributed by atoms with Crippen LogP contribution >= 0.6 is 0 Å². The third kappa shape index (κ3) is 4.74. The highest BCUT2D eigenvalue weighted by molar-refractivity contribution is 5.93. The summed E-state index contributed by atoms with van der Waals surface area (Å²) in [5.74, 6) is 1.23. The number of aromatic nitrogens is 1. The van der Waals surface area contributed by atoms with E-state index < -0.39 is 0 Å². The van der Waals surface area contributed by atoms with Gasteiger partial charge in [0.1, 0.15) is 11.4 Å². The van der Waals surface area contributed by atoms with Gasteiger partial charge in [-0.15, -0.1) is 0 Å². The van der Waals surface area contributed by atoms with Crippen LogP contribution in [0.25, 0.3) is 0 Å². The van der Waals surface area contributed by atoms with Crippen molar-refractivity contribution in [3.05, 3.63) is 47.8 Å². The van der Waals surface area contributed by atoms with Crippen LogP contribution in [0.4, 0.5) is 5.69 Å². The second-order valence-electron chi connectivity index (χ2n) is 7.53. The average molecular weight is 383 g/mol. The van der Waals surface area contributed by atoms with E-state index in [4.69, 9.17) is 4.74 Å². The number of amides is 2. The minimum atomic E-state index is 0.0131. The fourth-order valence-electron chi connectivity index (χ4n) is 3.78. The molecule has 1 aromatic carbocycles. The van der Waals surface area contributed by atoms with Gasteiger partial charge in [0.25, 0.3) is 5.91 Å². The van der Waals surface area contributed by atoms with E-state index in [9.17, 15) is 9.59 Å². The Labute approximate surface area is 166 Å². The van der Waals surface area contributed by atoms with Gasteiger partial charge in [-0.25, -0.2) is 0 Å². The Bertz CT molecular complexity index is 843. The van der Waals surface area contributed by atoms with E-state index in [0.717, 1.165) is 49.4 Å². The van der Waals surface area contributed by atoms with Crippen molar-refractivity contribution in [2.75, 3.05) is 25.5 Å². The van der Waals surface area contributed by atoms with Crippen LogP contribution in [0.3, 0.4) is 0 Å². The number of aryl methyl sites for hydroxylation is 2. The van der Waals surface area contributed by atoms with E-state index in [2.05, 4.69) is 5.32 Å². The third-order valence-corrected chi connectivity index (χ3v) is 5.46. The molecule has 1 fully saturated rings. The molecule has 0 saturated carbocycles. The molecule has 1 atom stereocenters. The zero-order chi connectivity index (χ0) is 20.1. The maximum Gasteiger partial charge on any atom is 0.270 e. The molecule has 2 amide bonds. The number of likely N-dealkylation sites (tertiary alicyclic amines) is 1. The first kappa shape index (κ1) is 20.0. The lowest BCUT2D eigenvalue weighted by atomic mass is 9.93. The van der Waals surface area contributed by atoms with Gasteiger partial charge in [0, 0.05) is 38.4 Å². The summed E-state index contributed by atoms with van der Waals surface area (Å²) in [4.78, 5) is 27.0. The number of piperidine rings is 1. The number of hydrogen-bond donors (Lipinski definition) is 1. The van der Waals surface area contributed by atoms with Gasteiger partial charge < -0.3 is 19.5 Å². The predicted octanol–water partition coefficient (Wildman–Crippen LogP) is 3.61. The number of carbonyl (C=O) groups excluding carboxylic acids is 2. The summed E-state index contributed by atoms with van der Waals surface area (Å²) < 4.78 is 7.06. The highest BCUT2D eigenvalue weighted by atomic mass is 16.5. The Kier molecular flexibility index (Phi) is 6.39. The van der Waals surface area contributed by atoms with Crippen molar-refractivity contribution < 1.29 is 14.3 Å². The van der Waals surface area contributed by atoms with E-state index in [0.29, 0.717) is 18.0 Å². The van der Waals surface area contributed by atoms with Gasteiger partial charge >= 0.3 is 0 Å². The largest absolute Gasteiger partial charge is 0.497 e. The Hall–Kier alpha value is -2.76. The number of carbonyl (C=O) groups is 2. The molecule has 2 heterocycles. The monoisotopic (exact) mass is 383 g/mol. The lowest BCUT2D eigenvalue weighted by Gasteiger charge is -2.32. The number of methoxy groups -OCH3 is 1. The summed E-state index contributed by atoms with van der Waals surface area (Å²) in [6.45, 7) is 3.46. The predicted molar refractivity (Wildman–Crippen MR) is 110 cm³/mol. The SMILES string of the molecule is COc1ccc(NC(=O)CCC2CCCN(C(=O)c3cccn3C)C2)c(C)c1. The molecule has 0 bridgehead atoms. The van der Waals surface area contributed by atoms with Gasteiger partial charge in [-0.3, -0.25) is 9.59 Å². The average Bonchev–Trinajstić information content (AvgIpc) is 3.13. The molecule has 1 saturated heterocycles. The van der Waals surface area contributed by atoms with Crippen molar-refractivity contribution in [1.82, 2.24) is 9.47 Å². The summed E-state index contributed by atoms with van der Waals surface area (Å²) in [5.41, 5.74) is 2.51. The summed E-state index contributed by atoms with van der Waals surface area (Å²) in [7, 11) is 3.52. The summed E-state index contributed by atoms with van der Waals surface area (Å²) in [6, 6.07) is 9.37. The second-order valence-corrected chi connectivity index (χ2v) is 7.53. The van der Waals surface area contributed by atoms with E-state index in [1.54, 1.807) is 7.11 Å². The van der Waals surface area contributed by atoms with Crippen LogP contribution in [0.5, 0.6) is 5.75 Å². The molecule has 1 aliphatic rings. The molecule has 2 aromatic rings. The molecule has 0 spiro atoms. The van der Waals surface area contributed by atoms with Crippen molar-refractivity contribution in [2.24, 2.45) is 13.0 Å². The van der Waals surface area contributed by atoms with E-state index in [1.165, 1.54) is 0 Å². The molecule has 28 heavy (non-hydrogen) atoms. The fourth-order valence-corrected chi connectivity index (χ4v) is 3.78. The number of anilines is 1. The van der Waals surface area contributed by atoms with Gasteiger partial charge in [-0.1, -0.05) is 0 Å². The molecule has 1 aliphatic heterocycles. The highest BCUT2D eigenvalue weighted by Gasteiger charge is 2.26. The Morgan fingerprint density at radius 2 is 2.11 bits per heavy atom. The highest BCUT2D eigenvalue weighted by Crippen LogP contribution is 2.24. The number of hydrogen-bond acceptors (Lipinski definition) is 3. The van der Waals surface area contributed by atoms with Gasteiger partial charge in [0.05, 0.1) is 7.11 Å². The first-order valence-electron chi connectivity index (χ1n) is 9.83. The van der Waals surface area contributed by atoms with Crippen LogP contribution in [0.2, 0.25) is 0 Å². The molecule has 6 heteroatoms. The number of nitrogens with zero attached hydrogens (tertiary/aromatic N) is 2. The summed E-state index contributed by atoms with van der Waals surface area (Å²) >= 11 is 0. The number of ether oxygens (including phenoxy) is 1. The lowest BCUT2D eigenvalue weighted by Crippen LogP contribution is -2.40. The van der Waals surface area contributed by atoms with Crippen LogP contribution in [-0.4, -0.2) is 41.5 Å². The maximum absolute atomic E-state index is 12.7. The lowest BCUT2D eigenvalue weighted by molar-refractivity contribution is -0.116. The van der Waals surface area contributed by atoms with E-state index in [1.807, 2.05) is 60.0 Å². The Balaban J connectivity index is 1.51. The van der Waals surface area contributed by atoms with Gasteiger partial charge in [0.15, 0.2) is 0 Å². The number of nitrogens with one attached hydrogen (secondary N) is 1. The normalized spacial score (nSPS) is 16.7. The van der Waals surface area contributed by atoms with Crippen molar-refractivity contribution in [3.8, 4) is 5.75 Å². The fraction of sp³-hybridized carbons (Fsp3) is 0.455. The van der Waals surface area contributed by atoms with Gasteiger partial charge in [0.2, 0.25) is 5.91 Å². The van der Waals surface area contributed by atoms with Crippen LogP contribution in [-0.2, 0) is 11.8 Å². The topological polar surface area (TPSA) is 63.6 Å². The van der Waals surface area contributed by atoms with Crippen molar-refractivity contribution >= 4 is 17.5 Å². The van der Waals surface area contributed by atoms with Gasteiger partial charge in [-0.05, 0) is 68.0 Å². The molecular formula is C22H29N3O3. The molecule has 0 radical (unpaired) electrons. The van der Waals surface area contributed by atoms with Crippen molar-refractivity contribution in [2.45, 2.75) is 32.6 Å². The first-order valence-corrected chi connectivity index (χ1v) is 9.83. The molecule has 150 valence electrons.